The molecular weight excluding hydrogens is 227 g/mol. The van der Waals surface area contributed by atoms with Gasteiger partial charge in [-0.05, 0) is 36.5 Å². The summed E-state index contributed by atoms with van der Waals surface area (Å²) in [6.45, 7) is 7.58. The van der Waals surface area contributed by atoms with Crippen molar-refractivity contribution in [3.05, 3.63) is 28.8 Å². The summed E-state index contributed by atoms with van der Waals surface area (Å²) in [5.41, 5.74) is 1.07. The number of hydrogen-bond acceptors (Lipinski definition) is 3. The number of carboxylic acids is 1. The minimum absolute atomic E-state index is 0. The predicted molar refractivity (Wildman–Crippen MR) is 60.5 cm³/mol. The smallest absolute Gasteiger partial charge is 0.545 e. The van der Waals surface area contributed by atoms with Gasteiger partial charge in [0.05, 0.1) is 5.97 Å². The van der Waals surface area contributed by atoms with Crippen LogP contribution in [0, 0.1) is 6.92 Å². The van der Waals surface area contributed by atoms with Crippen molar-refractivity contribution in [3.8, 4) is 5.75 Å². The Bertz CT molecular complexity index is 425. The maximum Gasteiger partial charge on any atom is 1.00 e. The Morgan fingerprint density at radius 2 is 1.94 bits per heavy atom. The summed E-state index contributed by atoms with van der Waals surface area (Å²) in [7, 11) is 0. The van der Waals surface area contributed by atoms with E-state index in [9.17, 15) is 15.0 Å². The molecule has 0 spiro atoms. The summed E-state index contributed by atoms with van der Waals surface area (Å²) in [5.74, 6) is -1.06. The second-order valence-corrected chi connectivity index (χ2v) is 4.71. The average molecular weight is 244 g/mol. The van der Waals surface area contributed by atoms with E-state index >= 15 is 0 Å². The van der Waals surface area contributed by atoms with Gasteiger partial charge in [0, 0.05) is 11.1 Å². The summed E-state index contributed by atoms with van der Waals surface area (Å²) in [5, 5.41) is 20.8. The summed E-state index contributed by atoms with van der Waals surface area (Å²) in [6, 6.07) is 3.00. The van der Waals surface area contributed by atoms with E-state index in [4.69, 9.17) is 0 Å². The van der Waals surface area contributed by atoms with Crippen molar-refractivity contribution in [3.63, 3.8) is 0 Å². The third kappa shape index (κ3) is 3.47. The Balaban J connectivity index is 0.00000256. The summed E-state index contributed by atoms with van der Waals surface area (Å²) < 4.78 is 0. The molecule has 0 aromatic heterocycles. The first-order chi connectivity index (χ1) is 7.29. The molecule has 0 aliphatic carbocycles. The van der Waals surface area contributed by atoms with E-state index in [-0.39, 0.29) is 46.3 Å². The SMILES string of the molecule is CCC(C)(C)c1cc(C(=O)[O-])c(C)cc1O.[Na+]. The molecule has 0 aliphatic heterocycles. The fourth-order valence-corrected chi connectivity index (χ4v) is 1.65. The normalized spacial score (nSPS) is 10.8. The fraction of sp³-hybridized carbons (Fsp3) is 0.462. The quantitative estimate of drug-likeness (QED) is 0.676. The number of aromatic hydroxyl groups is 1. The van der Waals surface area contributed by atoms with Crippen molar-refractivity contribution < 1.29 is 44.6 Å². The molecule has 0 heterocycles. The predicted octanol–water partition coefficient (Wildman–Crippen LogP) is -1.24. The minimum atomic E-state index is -1.20. The molecule has 0 atom stereocenters. The van der Waals surface area contributed by atoms with Crippen LogP contribution < -0.4 is 34.7 Å². The number of carbonyl (C=O) groups excluding carboxylic acids is 1. The number of benzene rings is 1. The van der Waals surface area contributed by atoms with Gasteiger partial charge >= 0.3 is 29.6 Å². The van der Waals surface area contributed by atoms with Crippen LogP contribution in [0.25, 0.3) is 0 Å². The molecule has 17 heavy (non-hydrogen) atoms. The number of rotatable bonds is 3. The van der Waals surface area contributed by atoms with Gasteiger partial charge in [-0.3, -0.25) is 0 Å². The zero-order valence-corrected chi connectivity index (χ0v) is 13.1. The standard InChI is InChI=1S/C13H18O3.Na/c1-5-13(3,4)10-7-9(12(15)16)8(2)6-11(10)14;/h6-7,14H,5H2,1-4H3,(H,15,16);/q;+1/p-1. The van der Waals surface area contributed by atoms with Gasteiger partial charge in [-0.2, -0.15) is 0 Å². The van der Waals surface area contributed by atoms with E-state index in [1.807, 2.05) is 20.8 Å². The van der Waals surface area contributed by atoms with E-state index < -0.39 is 5.97 Å². The van der Waals surface area contributed by atoms with Crippen LogP contribution in [0.15, 0.2) is 12.1 Å². The summed E-state index contributed by atoms with van der Waals surface area (Å²) >= 11 is 0. The van der Waals surface area contributed by atoms with Crippen LogP contribution in [-0.4, -0.2) is 11.1 Å². The van der Waals surface area contributed by atoms with E-state index in [1.54, 1.807) is 6.92 Å². The molecule has 0 amide bonds. The van der Waals surface area contributed by atoms with Crippen molar-refractivity contribution in [1.29, 1.82) is 0 Å². The first kappa shape index (κ1) is 16.5. The van der Waals surface area contributed by atoms with E-state index in [1.165, 1.54) is 12.1 Å². The van der Waals surface area contributed by atoms with Crippen LogP contribution in [0.4, 0.5) is 0 Å². The third-order valence-electron chi connectivity index (χ3n) is 3.18. The molecule has 1 aromatic rings. The van der Waals surface area contributed by atoms with Crippen LogP contribution >= 0.6 is 0 Å². The average Bonchev–Trinajstić information content (AvgIpc) is 2.16. The molecule has 0 saturated carbocycles. The zero-order valence-electron chi connectivity index (χ0n) is 11.1. The van der Waals surface area contributed by atoms with E-state index in [0.717, 1.165) is 6.42 Å². The molecule has 1 aromatic carbocycles. The second-order valence-electron chi connectivity index (χ2n) is 4.71. The maximum atomic E-state index is 10.9. The van der Waals surface area contributed by atoms with Crippen LogP contribution in [-0.2, 0) is 5.41 Å². The monoisotopic (exact) mass is 244 g/mol. The number of carboxylic acid groups (broad SMARTS) is 1. The third-order valence-corrected chi connectivity index (χ3v) is 3.18. The van der Waals surface area contributed by atoms with Crippen LogP contribution in [0.3, 0.4) is 0 Å². The van der Waals surface area contributed by atoms with Crippen LogP contribution in [0.2, 0.25) is 0 Å². The Morgan fingerprint density at radius 1 is 1.41 bits per heavy atom. The van der Waals surface area contributed by atoms with Gasteiger partial charge in [0.2, 0.25) is 0 Å². The largest absolute Gasteiger partial charge is 1.00 e. The first-order valence-corrected chi connectivity index (χ1v) is 5.35. The first-order valence-electron chi connectivity index (χ1n) is 5.35. The van der Waals surface area contributed by atoms with Crippen LogP contribution in [0.5, 0.6) is 5.75 Å². The molecule has 0 radical (unpaired) electrons. The molecule has 0 unspecified atom stereocenters. The van der Waals surface area contributed by atoms with Gasteiger partial charge in [0.25, 0.3) is 0 Å². The van der Waals surface area contributed by atoms with Crippen molar-refractivity contribution in [2.24, 2.45) is 0 Å². The van der Waals surface area contributed by atoms with Crippen molar-refractivity contribution in [2.75, 3.05) is 0 Å². The molecular formula is C13H17NaO3. The molecule has 1 N–H and O–H groups in total. The Hall–Kier alpha value is -0.510. The zero-order chi connectivity index (χ0) is 12.5. The van der Waals surface area contributed by atoms with Crippen molar-refractivity contribution in [1.82, 2.24) is 0 Å². The second kappa shape index (κ2) is 5.89. The molecule has 0 aliphatic rings. The van der Waals surface area contributed by atoms with Gasteiger partial charge in [0.1, 0.15) is 5.75 Å². The van der Waals surface area contributed by atoms with E-state index in [2.05, 4.69) is 0 Å². The molecule has 0 bridgehead atoms. The molecule has 0 saturated heterocycles. The number of hydrogen-bond donors (Lipinski definition) is 1. The number of aryl methyl sites for hydroxylation is 1. The molecule has 1 rings (SSSR count). The summed E-state index contributed by atoms with van der Waals surface area (Å²) in [4.78, 5) is 10.9. The van der Waals surface area contributed by atoms with Crippen molar-refractivity contribution in [2.45, 2.75) is 39.5 Å². The maximum absolute atomic E-state index is 10.9. The Labute approximate surface area is 124 Å². The number of phenols is 1. The number of aromatic carboxylic acids is 1. The molecule has 88 valence electrons. The Morgan fingerprint density at radius 3 is 2.35 bits per heavy atom. The van der Waals surface area contributed by atoms with Gasteiger partial charge in [0.15, 0.2) is 0 Å². The minimum Gasteiger partial charge on any atom is -0.545 e. The van der Waals surface area contributed by atoms with Gasteiger partial charge < -0.3 is 15.0 Å². The van der Waals surface area contributed by atoms with Gasteiger partial charge in [-0.25, -0.2) is 0 Å². The fourth-order valence-electron chi connectivity index (χ4n) is 1.65. The molecule has 0 fully saturated rings. The summed E-state index contributed by atoms with van der Waals surface area (Å²) in [6.07, 6.45) is 0.816. The topological polar surface area (TPSA) is 60.4 Å². The van der Waals surface area contributed by atoms with Crippen molar-refractivity contribution >= 4 is 5.97 Å². The number of carbonyl (C=O) groups is 1. The molecule has 4 heteroatoms. The Kier molecular flexibility index (Phi) is 5.72. The molecule has 3 nitrogen and oxygen atoms in total. The number of phenolic OH excluding ortho intramolecular Hbond substituents is 1. The van der Waals surface area contributed by atoms with Gasteiger partial charge in [-0.15, -0.1) is 0 Å². The van der Waals surface area contributed by atoms with E-state index in [0.29, 0.717) is 11.1 Å². The van der Waals surface area contributed by atoms with Gasteiger partial charge in [-0.1, -0.05) is 20.8 Å². The van der Waals surface area contributed by atoms with Crippen LogP contribution in [0.1, 0.15) is 48.7 Å².